The maximum absolute atomic E-state index is 5.83. The number of nitrogens with one attached hydrogen (secondary N) is 1. The molecule has 18 heavy (non-hydrogen) atoms. The van der Waals surface area contributed by atoms with Crippen molar-refractivity contribution in [2.45, 2.75) is 45.7 Å². The first kappa shape index (κ1) is 15.2. The molecular formula is C15H27N3. The third-order valence-electron chi connectivity index (χ3n) is 4.26. The van der Waals surface area contributed by atoms with Gasteiger partial charge < -0.3 is 4.90 Å². The summed E-state index contributed by atoms with van der Waals surface area (Å²) in [7, 11) is 4.22. The first-order chi connectivity index (χ1) is 8.36. The average Bonchev–Trinajstić information content (AvgIpc) is 2.32. The summed E-state index contributed by atoms with van der Waals surface area (Å²) < 4.78 is 0. The van der Waals surface area contributed by atoms with E-state index in [9.17, 15) is 0 Å². The Kier molecular flexibility index (Phi) is 4.91. The van der Waals surface area contributed by atoms with Crippen LogP contribution in [0.1, 0.15) is 43.0 Å². The molecule has 0 amide bonds. The van der Waals surface area contributed by atoms with E-state index >= 15 is 0 Å². The van der Waals surface area contributed by atoms with Crippen LogP contribution in [0.5, 0.6) is 0 Å². The van der Waals surface area contributed by atoms with Gasteiger partial charge in [-0.25, -0.2) is 0 Å². The fraction of sp³-hybridized carbons (Fsp3) is 0.600. The van der Waals surface area contributed by atoms with Crippen LogP contribution in [0.2, 0.25) is 0 Å². The molecule has 0 fully saturated rings. The molecule has 0 spiro atoms. The zero-order valence-corrected chi connectivity index (χ0v) is 12.5. The Morgan fingerprint density at radius 2 is 1.94 bits per heavy atom. The molecule has 3 nitrogen and oxygen atoms in total. The van der Waals surface area contributed by atoms with Gasteiger partial charge in [-0.1, -0.05) is 30.7 Å². The van der Waals surface area contributed by atoms with Crippen molar-refractivity contribution in [2.24, 2.45) is 5.84 Å². The van der Waals surface area contributed by atoms with Gasteiger partial charge in [-0.3, -0.25) is 11.3 Å². The van der Waals surface area contributed by atoms with Crippen LogP contribution >= 0.6 is 0 Å². The molecule has 3 N–H and O–H groups in total. The Morgan fingerprint density at radius 1 is 1.33 bits per heavy atom. The summed E-state index contributed by atoms with van der Waals surface area (Å²) in [6.45, 7) is 8.72. The predicted octanol–water partition coefficient (Wildman–Crippen LogP) is 2.54. The number of nitrogens with two attached hydrogens (primary N) is 1. The maximum Gasteiger partial charge on any atom is 0.0643 e. The molecule has 0 radical (unpaired) electrons. The highest BCUT2D eigenvalue weighted by atomic mass is 15.3. The van der Waals surface area contributed by atoms with Gasteiger partial charge in [0.15, 0.2) is 0 Å². The van der Waals surface area contributed by atoms with Crippen LogP contribution in [0.15, 0.2) is 18.2 Å². The molecular weight excluding hydrogens is 222 g/mol. The Balaban J connectivity index is 3.24. The van der Waals surface area contributed by atoms with Crippen LogP contribution in [0, 0.1) is 13.8 Å². The van der Waals surface area contributed by atoms with Crippen LogP contribution in [-0.2, 0) is 0 Å². The van der Waals surface area contributed by atoms with E-state index in [4.69, 9.17) is 5.84 Å². The number of hydrazine groups is 1. The van der Waals surface area contributed by atoms with Crippen molar-refractivity contribution >= 4 is 0 Å². The van der Waals surface area contributed by atoms with E-state index in [-0.39, 0.29) is 11.6 Å². The first-order valence-electron chi connectivity index (χ1n) is 6.57. The van der Waals surface area contributed by atoms with Crippen LogP contribution < -0.4 is 11.3 Å². The van der Waals surface area contributed by atoms with Crippen molar-refractivity contribution in [1.82, 2.24) is 10.3 Å². The molecule has 0 aliphatic heterocycles. The summed E-state index contributed by atoms with van der Waals surface area (Å²) in [5.74, 6) is 5.83. The number of likely N-dealkylation sites (N-methyl/N-ethyl adjacent to an activating group) is 1. The Morgan fingerprint density at radius 3 is 2.33 bits per heavy atom. The van der Waals surface area contributed by atoms with Gasteiger partial charge in [0.2, 0.25) is 0 Å². The Hall–Kier alpha value is -0.900. The van der Waals surface area contributed by atoms with E-state index in [1.54, 1.807) is 0 Å². The molecule has 0 saturated heterocycles. The van der Waals surface area contributed by atoms with Gasteiger partial charge in [-0.2, -0.15) is 0 Å². The van der Waals surface area contributed by atoms with Gasteiger partial charge in [-0.05, 0) is 52.4 Å². The summed E-state index contributed by atoms with van der Waals surface area (Å²) in [5, 5.41) is 0. The van der Waals surface area contributed by atoms with Crippen molar-refractivity contribution in [3.8, 4) is 0 Å². The molecule has 1 rings (SSSR count). The normalized spacial score (nSPS) is 16.7. The molecule has 1 aromatic rings. The molecule has 0 aliphatic carbocycles. The van der Waals surface area contributed by atoms with Crippen LogP contribution in [-0.4, -0.2) is 24.5 Å². The van der Waals surface area contributed by atoms with Crippen molar-refractivity contribution in [1.29, 1.82) is 0 Å². The minimum absolute atomic E-state index is 0.00519. The SMILES string of the molecule is CCC(C)(C(NN)c1ccc(C)cc1C)N(C)C. The number of rotatable bonds is 5. The maximum atomic E-state index is 5.83. The summed E-state index contributed by atoms with van der Waals surface area (Å²) in [6, 6.07) is 6.68. The third kappa shape index (κ3) is 2.74. The van der Waals surface area contributed by atoms with Crippen LogP contribution in [0.4, 0.5) is 0 Å². The second kappa shape index (κ2) is 5.83. The van der Waals surface area contributed by atoms with Gasteiger partial charge >= 0.3 is 0 Å². The first-order valence-corrected chi connectivity index (χ1v) is 6.57. The lowest BCUT2D eigenvalue weighted by molar-refractivity contribution is 0.112. The number of hydrogen-bond acceptors (Lipinski definition) is 3. The zero-order valence-electron chi connectivity index (χ0n) is 12.5. The van der Waals surface area contributed by atoms with Gasteiger partial charge in [-0.15, -0.1) is 0 Å². The average molecular weight is 249 g/mol. The Bertz CT molecular complexity index is 401. The molecule has 0 aliphatic rings. The number of benzene rings is 1. The molecule has 102 valence electrons. The van der Waals surface area contributed by atoms with Crippen molar-refractivity contribution in [3.63, 3.8) is 0 Å². The van der Waals surface area contributed by atoms with Crippen molar-refractivity contribution < 1.29 is 0 Å². The third-order valence-corrected chi connectivity index (χ3v) is 4.26. The lowest BCUT2D eigenvalue weighted by atomic mass is 9.82. The number of aryl methyl sites for hydroxylation is 2. The van der Waals surface area contributed by atoms with Crippen molar-refractivity contribution in [3.05, 3.63) is 34.9 Å². The predicted molar refractivity (Wildman–Crippen MR) is 78.4 cm³/mol. The fourth-order valence-corrected chi connectivity index (χ4v) is 2.53. The largest absolute Gasteiger partial charge is 0.302 e. The van der Waals surface area contributed by atoms with E-state index < -0.39 is 0 Å². The molecule has 0 heterocycles. The van der Waals surface area contributed by atoms with Gasteiger partial charge in [0, 0.05) is 5.54 Å². The van der Waals surface area contributed by atoms with E-state index in [0.29, 0.717) is 0 Å². The highest BCUT2D eigenvalue weighted by Crippen LogP contribution is 2.33. The number of nitrogens with zero attached hydrogens (tertiary/aromatic N) is 1. The summed E-state index contributed by atoms with van der Waals surface area (Å²) in [6.07, 6.45) is 1.03. The van der Waals surface area contributed by atoms with E-state index in [2.05, 4.69) is 70.3 Å². The smallest absolute Gasteiger partial charge is 0.0643 e. The highest BCUT2D eigenvalue weighted by molar-refractivity contribution is 5.34. The fourth-order valence-electron chi connectivity index (χ4n) is 2.53. The van der Waals surface area contributed by atoms with Crippen LogP contribution in [0.3, 0.4) is 0 Å². The zero-order chi connectivity index (χ0) is 13.9. The highest BCUT2D eigenvalue weighted by Gasteiger charge is 2.35. The summed E-state index contributed by atoms with van der Waals surface area (Å²) in [4.78, 5) is 2.25. The Labute approximate surface area is 111 Å². The van der Waals surface area contributed by atoms with Gasteiger partial charge in [0.1, 0.15) is 0 Å². The molecule has 0 saturated carbocycles. The lowest BCUT2D eigenvalue weighted by Crippen LogP contribution is -2.53. The monoisotopic (exact) mass is 249 g/mol. The topological polar surface area (TPSA) is 41.3 Å². The molecule has 2 atom stereocenters. The molecule has 1 aromatic carbocycles. The summed E-state index contributed by atoms with van der Waals surface area (Å²) in [5.41, 5.74) is 6.86. The quantitative estimate of drug-likeness (QED) is 0.622. The lowest BCUT2D eigenvalue weighted by Gasteiger charge is -2.43. The van der Waals surface area contributed by atoms with E-state index in [1.807, 2.05) is 0 Å². The second-order valence-electron chi connectivity index (χ2n) is 5.56. The molecule has 2 unspecified atom stereocenters. The molecule has 0 bridgehead atoms. The van der Waals surface area contributed by atoms with Crippen LogP contribution in [0.25, 0.3) is 0 Å². The summed E-state index contributed by atoms with van der Waals surface area (Å²) >= 11 is 0. The number of hydrogen-bond donors (Lipinski definition) is 2. The molecule has 3 heteroatoms. The van der Waals surface area contributed by atoms with E-state index in [0.717, 1.165) is 6.42 Å². The van der Waals surface area contributed by atoms with Gasteiger partial charge in [0.25, 0.3) is 0 Å². The minimum Gasteiger partial charge on any atom is -0.302 e. The van der Waals surface area contributed by atoms with Crippen molar-refractivity contribution in [2.75, 3.05) is 14.1 Å². The van der Waals surface area contributed by atoms with E-state index in [1.165, 1.54) is 16.7 Å². The second-order valence-corrected chi connectivity index (χ2v) is 5.56. The standard InChI is InChI=1S/C15H27N3/c1-7-15(4,18(5)6)14(17-16)13-9-8-11(2)10-12(13)3/h8-10,14,17H,7,16H2,1-6H3. The minimum atomic E-state index is -0.00519. The molecule has 0 aromatic heterocycles. The van der Waals surface area contributed by atoms with Gasteiger partial charge in [0.05, 0.1) is 6.04 Å².